The van der Waals surface area contributed by atoms with Gasteiger partial charge < -0.3 is 106 Å². The van der Waals surface area contributed by atoms with Crippen molar-refractivity contribution in [3.05, 3.63) is 0 Å². The Morgan fingerprint density at radius 2 is 0.550 bits per heavy atom. The van der Waals surface area contributed by atoms with E-state index in [-0.39, 0.29) is 22.4 Å². The summed E-state index contributed by atoms with van der Waals surface area (Å²) in [6.07, 6.45) is -24.2. The van der Waals surface area contributed by atoms with Crippen LogP contribution in [-0.4, -0.2) is 188 Å². The Hall–Kier alpha value is -1.45. The molecule has 0 bridgehead atoms. The van der Waals surface area contributed by atoms with Gasteiger partial charge in [-0.15, -0.1) is 0 Å². The summed E-state index contributed by atoms with van der Waals surface area (Å²) in [6.45, 7) is -2.59. The topological polar surface area (TPSA) is 424 Å². The quantitative estimate of drug-likeness (QED) is 0.0686. The Morgan fingerprint density at radius 3 is 0.650 bits per heavy atom. The average molecular weight is 782 g/mol. The van der Waals surface area contributed by atoms with Gasteiger partial charge in [-0.2, -0.15) is 0 Å². The minimum atomic E-state index is -2.31. The molecule has 15 N–H and O–H groups in total. The molecule has 0 aliphatic rings. The van der Waals surface area contributed by atoms with Gasteiger partial charge in [0.15, 0.2) is 0 Å². The summed E-state index contributed by atoms with van der Waals surface area (Å²) in [5.74, 6) is -5.93. The van der Waals surface area contributed by atoms with Crippen LogP contribution < -0.4 is 15.3 Å². The summed E-state index contributed by atoms with van der Waals surface area (Å²) in [5.41, 5.74) is 0. The average Bonchev–Trinajstić information content (AvgIpc) is 2.92. The van der Waals surface area contributed by atoms with Crippen molar-refractivity contribution in [2.24, 2.45) is 0 Å². The number of carbonyl (C=O) groups is 3. The Balaban J connectivity index is -0.000000240. The minimum absolute atomic E-state index is 0. The maximum absolute atomic E-state index is 9.98. The Bertz CT molecular complexity index is 608. The van der Waals surface area contributed by atoms with Gasteiger partial charge in [-0.25, -0.2) is 0 Å². The van der Waals surface area contributed by atoms with Crippen molar-refractivity contribution in [2.75, 3.05) is 19.8 Å². The van der Waals surface area contributed by atoms with Gasteiger partial charge in [0.1, 0.15) is 73.2 Å². The molecule has 12 atom stereocenters. The second kappa shape index (κ2) is 23.1. The van der Waals surface area contributed by atoms with Crippen molar-refractivity contribution in [1.82, 2.24) is 0 Å². The van der Waals surface area contributed by atoms with Crippen LogP contribution in [-0.2, 0) is 36.8 Å². The molecule has 0 saturated heterocycles. The first-order chi connectivity index (χ1) is 17.7. The molecule has 0 aliphatic heterocycles. The summed E-state index contributed by atoms with van der Waals surface area (Å²) in [7, 11) is 0. The van der Waals surface area contributed by atoms with Gasteiger partial charge in [-0.1, -0.05) is 0 Å². The number of aliphatic hydroxyl groups excluding tert-OH is 15. The van der Waals surface area contributed by atoms with Gasteiger partial charge in [-0.3, -0.25) is 0 Å². The van der Waals surface area contributed by atoms with Gasteiger partial charge in [-0.05, 0) is 0 Å². The standard InChI is InChI=1S/3C6H12O7.Au/c3*7-1-2(8)3(9)4(10)5(11)6(12)13;/h3*2-5,7-11H,1H2,(H,12,13);/q;;;+3/p-3. The van der Waals surface area contributed by atoms with Crippen molar-refractivity contribution >= 4 is 17.9 Å². The van der Waals surface area contributed by atoms with Gasteiger partial charge in [0, 0.05) is 0 Å². The summed E-state index contributed by atoms with van der Waals surface area (Å²) >= 11 is 0. The molecule has 0 rings (SSSR count). The predicted octanol–water partition coefficient (Wildman–Crippen LogP) is -14.5. The van der Waals surface area contributed by atoms with E-state index in [1.807, 2.05) is 0 Å². The normalized spacial score (nSPS) is 19.9. The van der Waals surface area contributed by atoms with Crippen molar-refractivity contribution in [1.29, 1.82) is 0 Å². The van der Waals surface area contributed by atoms with Crippen molar-refractivity contribution in [3.63, 3.8) is 0 Å². The molecule has 12 unspecified atom stereocenters. The molecule has 0 radical (unpaired) electrons. The van der Waals surface area contributed by atoms with E-state index in [1.54, 1.807) is 0 Å². The van der Waals surface area contributed by atoms with Gasteiger partial charge in [0.2, 0.25) is 0 Å². The fourth-order valence-corrected chi connectivity index (χ4v) is 1.99. The fourth-order valence-electron chi connectivity index (χ4n) is 1.99. The molecule has 0 heterocycles. The molecule has 21 nitrogen and oxygen atoms in total. The molecule has 40 heavy (non-hydrogen) atoms. The van der Waals surface area contributed by atoms with Gasteiger partial charge in [0.05, 0.1) is 37.7 Å². The van der Waals surface area contributed by atoms with Crippen molar-refractivity contribution in [3.8, 4) is 0 Å². The molecule has 0 saturated carbocycles. The van der Waals surface area contributed by atoms with Crippen LogP contribution in [0.25, 0.3) is 0 Å². The van der Waals surface area contributed by atoms with Crippen LogP contribution in [0.1, 0.15) is 0 Å². The van der Waals surface area contributed by atoms with Gasteiger partial charge >= 0.3 is 22.4 Å². The van der Waals surface area contributed by atoms with E-state index in [9.17, 15) is 29.7 Å². The number of carboxylic acids is 3. The molecule has 0 amide bonds. The molecule has 0 spiro atoms. The summed E-state index contributed by atoms with van der Waals surface area (Å²) in [5, 5.41) is 160. The van der Waals surface area contributed by atoms with Crippen LogP contribution in [0.2, 0.25) is 0 Å². The number of rotatable bonds is 15. The van der Waals surface area contributed by atoms with Crippen LogP contribution in [0.3, 0.4) is 0 Å². The molecule has 0 aromatic heterocycles. The van der Waals surface area contributed by atoms with Crippen LogP contribution >= 0.6 is 0 Å². The SMILES string of the molecule is O=C([O-])C(O)C(O)C(O)C(O)CO.O=C([O-])C(O)C(O)C(O)C(O)CO.O=C([O-])C(O)C(O)C(O)C(O)CO.[Au+3]. The van der Waals surface area contributed by atoms with Crippen molar-refractivity contribution < 1.29 is 129 Å². The molecule has 242 valence electrons. The zero-order valence-electron chi connectivity index (χ0n) is 20.0. The molecule has 0 aromatic rings. The molecule has 0 aliphatic carbocycles. The second-order valence-corrected chi connectivity index (χ2v) is 7.48. The summed E-state index contributed by atoms with van der Waals surface area (Å²) in [6, 6.07) is 0. The fraction of sp³-hybridized carbons (Fsp3) is 0.833. The van der Waals surface area contributed by atoms with E-state index in [1.165, 1.54) is 0 Å². The van der Waals surface area contributed by atoms with E-state index >= 15 is 0 Å². The number of aliphatic hydroxyl groups is 15. The first-order valence-corrected chi connectivity index (χ1v) is 10.4. The molecular weight excluding hydrogens is 749 g/mol. The molecule has 0 aromatic carbocycles. The number of carboxylic acid groups (broad SMARTS) is 3. The molecule has 0 fully saturated rings. The molecular formula is C18H33AuO21. The van der Waals surface area contributed by atoms with E-state index in [0.717, 1.165) is 0 Å². The maximum Gasteiger partial charge on any atom is 3.00 e. The number of aliphatic carboxylic acids is 3. The third-order valence-corrected chi connectivity index (χ3v) is 4.49. The van der Waals surface area contributed by atoms with E-state index in [4.69, 9.17) is 76.6 Å². The zero-order valence-corrected chi connectivity index (χ0v) is 22.2. The van der Waals surface area contributed by atoms with Crippen LogP contribution in [0.5, 0.6) is 0 Å². The largest absolute Gasteiger partial charge is 3.00 e. The van der Waals surface area contributed by atoms with Gasteiger partial charge in [0.25, 0.3) is 0 Å². The van der Waals surface area contributed by atoms with E-state index in [2.05, 4.69) is 0 Å². The Labute approximate surface area is 239 Å². The minimum Gasteiger partial charge on any atom is -0.547 e. The van der Waals surface area contributed by atoms with E-state index < -0.39 is 111 Å². The van der Waals surface area contributed by atoms with Crippen molar-refractivity contribution in [2.45, 2.75) is 73.2 Å². The summed E-state index contributed by atoms with van der Waals surface area (Å²) in [4.78, 5) is 29.9. The van der Waals surface area contributed by atoms with Crippen LogP contribution in [0.4, 0.5) is 0 Å². The van der Waals surface area contributed by atoms with Crippen LogP contribution in [0.15, 0.2) is 0 Å². The number of hydrogen-bond acceptors (Lipinski definition) is 21. The zero-order chi connectivity index (χ0) is 31.8. The van der Waals surface area contributed by atoms with Crippen LogP contribution in [0, 0.1) is 0 Å². The smallest absolute Gasteiger partial charge is 0.547 e. The number of hydrogen-bond donors (Lipinski definition) is 15. The first-order valence-electron chi connectivity index (χ1n) is 10.4. The second-order valence-electron chi connectivity index (χ2n) is 7.48. The maximum atomic E-state index is 9.98. The first kappa shape index (κ1) is 45.5. The third kappa shape index (κ3) is 16.7. The number of carbonyl (C=O) groups excluding carboxylic acids is 3. The predicted molar refractivity (Wildman–Crippen MR) is 108 cm³/mol. The third-order valence-electron chi connectivity index (χ3n) is 4.49. The monoisotopic (exact) mass is 782 g/mol. The Morgan fingerprint density at radius 1 is 0.400 bits per heavy atom. The Kier molecular flexibility index (Phi) is 26.4. The van der Waals surface area contributed by atoms with E-state index in [0.29, 0.717) is 0 Å². The molecule has 22 heteroatoms. The summed E-state index contributed by atoms with van der Waals surface area (Å²) < 4.78 is 0.